The van der Waals surface area contributed by atoms with Gasteiger partial charge in [0.05, 0.1) is 12.7 Å². The Kier molecular flexibility index (Phi) is 6.49. The lowest BCUT2D eigenvalue weighted by Gasteiger charge is -2.20. The van der Waals surface area contributed by atoms with Gasteiger partial charge in [0.2, 0.25) is 0 Å². The van der Waals surface area contributed by atoms with Gasteiger partial charge in [-0.25, -0.2) is 9.36 Å². The summed E-state index contributed by atoms with van der Waals surface area (Å²) < 4.78 is 24.2. The average molecular weight is 440 g/mol. The summed E-state index contributed by atoms with van der Waals surface area (Å²) in [6.07, 6.45) is -1.37. The number of H-pyrrole nitrogens is 1. The van der Waals surface area contributed by atoms with Crippen LogP contribution >= 0.6 is 7.75 Å². The van der Waals surface area contributed by atoms with Gasteiger partial charge in [-0.15, -0.1) is 0 Å². The van der Waals surface area contributed by atoms with E-state index in [1.54, 1.807) is 31.2 Å². The van der Waals surface area contributed by atoms with Crippen molar-refractivity contribution in [1.82, 2.24) is 9.55 Å². The van der Waals surface area contributed by atoms with Crippen molar-refractivity contribution < 1.29 is 23.8 Å². The van der Waals surface area contributed by atoms with Crippen LogP contribution < -0.4 is 21.2 Å². The van der Waals surface area contributed by atoms with Crippen molar-refractivity contribution in [2.24, 2.45) is 0 Å². The Labute approximate surface area is 172 Å². The second-order valence-corrected chi connectivity index (χ2v) is 8.80. The zero-order chi connectivity index (χ0) is 22.1. The average Bonchev–Trinajstić information content (AvgIpc) is 3.03. The predicted molar refractivity (Wildman–Crippen MR) is 111 cm³/mol. The van der Waals surface area contributed by atoms with E-state index in [0.717, 1.165) is 5.69 Å². The van der Waals surface area contributed by atoms with Crippen LogP contribution in [0.5, 0.6) is 0 Å². The van der Waals surface area contributed by atoms with Crippen LogP contribution in [-0.2, 0) is 13.8 Å². The maximum atomic E-state index is 12.3. The van der Waals surface area contributed by atoms with Gasteiger partial charge < -0.3 is 19.6 Å². The largest absolute Gasteiger partial charge is 0.430 e. The summed E-state index contributed by atoms with van der Waals surface area (Å²) in [5.41, 5.74) is 0.473. The lowest BCUT2D eigenvalue weighted by atomic mass is 10.2. The van der Waals surface area contributed by atoms with E-state index < -0.39 is 37.4 Å². The molecule has 1 aromatic carbocycles. The number of aliphatic hydroxyl groups excluding tert-OH is 1. The van der Waals surface area contributed by atoms with Gasteiger partial charge in [-0.1, -0.05) is 0 Å². The van der Waals surface area contributed by atoms with E-state index in [1.165, 1.54) is 10.8 Å². The van der Waals surface area contributed by atoms with Crippen LogP contribution in [0.3, 0.4) is 0 Å². The molecule has 164 valence electrons. The van der Waals surface area contributed by atoms with Crippen molar-refractivity contribution in [3.8, 4) is 0 Å². The number of rotatable bonds is 7. The number of hydrogen-bond donors (Lipinski definition) is 4. The highest BCUT2D eigenvalue weighted by Crippen LogP contribution is 2.43. The monoisotopic (exact) mass is 440 g/mol. The Morgan fingerprint density at radius 3 is 2.63 bits per heavy atom. The van der Waals surface area contributed by atoms with Crippen LogP contribution in [0.1, 0.15) is 18.2 Å². The molecule has 30 heavy (non-hydrogen) atoms. The standard InChI is InChI=1S/C18H25N4O7P/c1-11-9-22(18(25)19-17(11)24)16-8-14(23)15(29-16)10-28-30(26,27)20-12-4-6-13(7-5-12)21(2)3/h4-7,9,14-16,23H,8,10H2,1-3H3,(H,19,24,25)(H2,20,26,27)/t14-,15+,16+/m0/s1. The fraction of sp³-hybridized carbons (Fsp3) is 0.444. The van der Waals surface area contributed by atoms with Crippen molar-refractivity contribution in [2.45, 2.75) is 31.8 Å². The number of aromatic nitrogens is 2. The second-order valence-electron chi connectivity index (χ2n) is 7.28. The van der Waals surface area contributed by atoms with Crippen molar-refractivity contribution in [1.29, 1.82) is 0 Å². The molecule has 1 aliphatic rings. The minimum atomic E-state index is -4.22. The number of nitrogens with zero attached hydrogens (tertiary/aromatic N) is 2. The lowest BCUT2D eigenvalue weighted by molar-refractivity contribution is -0.0422. The molecule has 0 aliphatic carbocycles. The summed E-state index contributed by atoms with van der Waals surface area (Å²) in [5.74, 6) is 0. The molecule has 2 aromatic rings. The minimum absolute atomic E-state index is 0.0641. The third kappa shape index (κ3) is 5.18. The quantitative estimate of drug-likeness (QED) is 0.459. The number of aryl methyl sites for hydroxylation is 1. The van der Waals surface area contributed by atoms with E-state index in [-0.39, 0.29) is 13.0 Å². The van der Waals surface area contributed by atoms with Crippen LogP contribution in [0.25, 0.3) is 0 Å². The fourth-order valence-electron chi connectivity index (χ4n) is 3.04. The van der Waals surface area contributed by atoms with Crippen LogP contribution in [0.2, 0.25) is 0 Å². The molecule has 0 saturated carbocycles. The highest BCUT2D eigenvalue weighted by atomic mass is 31.2. The first-order chi connectivity index (χ1) is 14.1. The first kappa shape index (κ1) is 22.3. The Balaban J connectivity index is 1.61. The van der Waals surface area contributed by atoms with E-state index in [2.05, 4.69) is 10.1 Å². The molecule has 0 spiro atoms. The lowest BCUT2D eigenvalue weighted by Crippen LogP contribution is -2.33. The molecule has 0 amide bonds. The van der Waals surface area contributed by atoms with Crippen molar-refractivity contribution in [3.05, 3.63) is 56.9 Å². The number of benzene rings is 1. The summed E-state index contributed by atoms with van der Waals surface area (Å²) in [5, 5.41) is 12.6. The van der Waals surface area contributed by atoms with Gasteiger partial charge in [-0.3, -0.25) is 24.0 Å². The predicted octanol–water partition coefficient (Wildman–Crippen LogP) is 0.789. The van der Waals surface area contributed by atoms with Gasteiger partial charge in [-0.2, -0.15) is 0 Å². The first-order valence-corrected chi connectivity index (χ1v) is 10.8. The molecule has 1 unspecified atom stereocenters. The number of hydrogen-bond acceptors (Lipinski definition) is 7. The van der Waals surface area contributed by atoms with Crippen LogP contribution in [-0.4, -0.2) is 52.5 Å². The van der Waals surface area contributed by atoms with Gasteiger partial charge in [0.1, 0.15) is 12.3 Å². The molecule has 1 saturated heterocycles. The zero-order valence-corrected chi connectivity index (χ0v) is 17.7. The maximum Gasteiger partial charge on any atom is 0.430 e. The van der Waals surface area contributed by atoms with E-state index in [0.29, 0.717) is 11.3 Å². The summed E-state index contributed by atoms with van der Waals surface area (Å²) in [4.78, 5) is 37.6. The smallest absolute Gasteiger partial charge is 0.390 e. The van der Waals surface area contributed by atoms with Gasteiger partial charge in [0.25, 0.3) is 5.56 Å². The highest BCUT2D eigenvalue weighted by molar-refractivity contribution is 7.54. The summed E-state index contributed by atoms with van der Waals surface area (Å²) >= 11 is 0. The number of ether oxygens (including phenoxy) is 1. The van der Waals surface area contributed by atoms with Crippen molar-refractivity contribution in [2.75, 3.05) is 30.7 Å². The molecule has 4 atom stereocenters. The first-order valence-electron chi connectivity index (χ1n) is 9.24. The number of aromatic amines is 1. The maximum absolute atomic E-state index is 12.3. The van der Waals surface area contributed by atoms with Crippen molar-refractivity contribution in [3.63, 3.8) is 0 Å². The highest BCUT2D eigenvalue weighted by Gasteiger charge is 2.37. The number of nitrogens with one attached hydrogen (secondary N) is 2. The van der Waals surface area contributed by atoms with E-state index in [9.17, 15) is 24.2 Å². The van der Waals surface area contributed by atoms with Crippen LogP contribution in [0.15, 0.2) is 40.1 Å². The van der Waals surface area contributed by atoms with Crippen LogP contribution in [0.4, 0.5) is 11.4 Å². The van der Waals surface area contributed by atoms with E-state index >= 15 is 0 Å². The molecule has 0 radical (unpaired) electrons. The molecule has 0 bridgehead atoms. The molecule has 1 fully saturated rings. The normalized spacial score (nSPS) is 23.2. The Hall–Kier alpha value is -2.43. The van der Waals surface area contributed by atoms with Gasteiger partial charge in [0, 0.05) is 43.7 Å². The molecule has 11 nitrogen and oxygen atoms in total. The topological polar surface area (TPSA) is 146 Å². The second kappa shape index (κ2) is 8.75. The molecule has 1 aliphatic heterocycles. The van der Waals surface area contributed by atoms with Crippen molar-refractivity contribution >= 4 is 19.1 Å². The summed E-state index contributed by atoms with van der Waals surface area (Å²) in [6.45, 7) is 1.17. The summed E-state index contributed by atoms with van der Waals surface area (Å²) in [6, 6.07) is 6.84. The number of aliphatic hydroxyl groups is 1. The zero-order valence-electron chi connectivity index (χ0n) is 16.8. The third-order valence-corrected chi connectivity index (χ3v) is 5.77. The fourth-order valence-corrected chi connectivity index (χ4v) is 3.93. The molecular weight excluding hydrogens is 415 g/mol. The van der Waals surface area contributed by atoms with Crippen LogP contribution in [0, 0.1) is 6.92 Å². The molecule has 2 heterocycles. The SMILES string of the molecule is Cc1cn([C@H]2C[C@H](O)[C@@H](COP(=O)(O)Nc3ccc(N(C)C)cc3)O2)c(=O)[nH]c1=O. The van der Waals surface area contributed by atoms with Gasteiger partial charge in [0.15, 0.2) is 0 Å². The van der Waals surface area contributed by atoms with Gasteiger partial charge in [-0.05, 0) is 31.2 Å². The molecule has 4 N–H and O–H groups in total. The Morgan fingerprint density at radius 2 is 2.00 bits per heavy atom. The molecular formula is C18H25N4O7P. The Bertz CT molecular complexity index is 1050. The number of anilines is 2. The van der Waals surface area contributed by atoms with E-state index in [1.807, 2.05) is 19.0 Å². The third-order valence-electron chi connectivity index (χ3n) is 4.73. The summed E-state index contributed by atoms with van der Waals surface area (Å²) in [7, 11) is -0.458. The van der Waals surface area contributed by atoms with E-state index in [4.69, 9.17) is 9.26 Å². The molecule has 3 rings (SSSR count). The van der Waals surface area contributed by atoms with Gasteiger partial charge >= 0.3 is 13.4 Å². The Morgan fingerprint density at radius 1 is 1.33 bits per heavy atom. The molecule has 12 heteroatoms. The minimum Gasteiger partial charge on any atom is -0.390 e. The molecule has 1 aromatic heterocycles.